The van der Waals surface area contributed by atoms with Crippen molar-refractivity contribution in [3.05, 3.63) is 117 Å². The second kappa shape index (κ2) is 13.2. The standard InChI is InChI=1S/C14H12BN3O4S.C14H10N2O2S/c16-7-10-5-11(17)2-4-14(10)23(20,21)18-12-3-1-9-8-22-15(19)13(9)6-12;15-9-12-8-13(16(17)18)6-7-14(12)19-10-11-4-2-1-3-5-11/h1-6,18-19H,8,17H2;1-8H,10H2. The van der Waals surface area contributed by atoms with Crippen LogP contribution in [0.1, 0.15) is 22.3 Å². The highest BCUT2D eigenvalue weighted by atomic mass is 32.2. The van der Waals surface area contributed by atoms with E-state index in [0.717, 1.165) is 21.8 Å². The zero-order valence-electron chi connectivity index (χ0n) is 21.8. The summed E-state index contributed by atoms with van der Waals surface area (Å²) in [5.74, 6) is 0.729. The number of fused-ring (bicyclic) bond motifs is 1. The smallest absolute Gasteiger partial charge is 0.423 e. The summed E-state index contributed by atoms with van der Waals surface area (Å²) in [7, 11) is -5.03. The van der Waals surface area contributed by atoms with Gasteiger partial charge < -0.3 is 15.4 Å². The summed E-state index contributed by atoms with van der Waals surface area (Å²) in [6.45, 7) is 0.278. The molecule has 0 fully saturated rings. The summed E-state index contributed by atoms with van der Waals surface area (Å²) in [5, 5.41) is 38.4. The molecule has 5 rings (SSSR count). The van der Waals surface area contributed by atoms with E-state index in [1.165, 1.54) is 48.2 Å². The van der Waals surface area contributed by atoms with Crippen LogP contribution in [0.3, 0.4) is 0 Å². The number of nitrogens with one attached hydrogen (secondary N) is 1. The van der Waals surface area contributed by atoms with Gasteiger partial charge in [0.25, 0.3) is 15.7 Å². The first-order chi connectivity index (χ1) is 20.1. The maximum absolute atomic E-state index is 12.5. The Kier molecular flexibility index (Phi) is 9.47. The second-order valence-electron chi connectivity index (χ2n) is 8.87. The summed E-state index contributed by atoms with van der Waals surface area (Å²) in [5.41, 5.74) is 8.85. The third kappa shape index (κ3) is 7.26. The number of benzene rings is 4. The molecule has 0 atom stereocenters. The van der Waals surface area contributed by atoms with Crippen molar-refractivity contribution >= 4 is 51.4 Å². The number of nitrogens with zero attached hydrogens (tertiary/aromatic N) is 3. The first-order valence-electron chi connectivity index (χ1n) is 12.2. The molecule has 210 valence electrons. The minimum absolute atomic E-state index is 0.0398. The van der Waals surface area contributed by atoms with Crippen LogP contribution in [-0.4, -0.2) is 25.5 Å². The number of nitrogens with two attached hydrogens (primary N) is 1. The fourth-order valence-electron chi connectivity index (χ4n) is 3.94. The van der Waals surface area contributed by atoms with Gasteiger partial charge in [0.1, 0.15) is 17.0 Å². The van der Waals surface area contributed by atoms with Crippen LogP contribution in [0, 0.1) is 32.8 Å². The van der Waals surface area contributed by atoms with Gasteiger partial charge >= 0.3 is 7.12 Å². The van der Waals surface area contributed by atoms with Crippen molar-refractivity contribution in [1.29, 1.82) is 10.5 Å². The number of hydrogen-bond donors (Lipinski definition) is 3. The van der Waals surface area contributed by atoms with Gasteiger partial charge in [-0.25, -0.2) is 8.42 Å². The molecule has 4 aromatic carbocycles. The highest BCUT2D eigenvalue weighted by Gasteiger charge is 2.28. The first-order valence-corrected chi connectivity index (χ1v) is 14.7. The van der Waals surface area contributed by atoms with Crippen LogP contribution in [0.5, 0.6) is 0 Å². The van der Waals surface area contributed by atoms with Gasteiger partial charge in [0.05, 0.1) is 22.7 Å². The lowest BCUT2D eigenvalue weighted by Gasteiger charge is -2.11. The van der Waals surface area contributed by atoms with Crippen LogP contribution < -0.4 is 15.9 Å². The Labute approximate surface area is 246 Å². The average molecular weight is 599 g/mol. The molecule has 1 aliphatic heterocycles. The monoisotopic (exact) mass is 599 g/mol. The maximum Gasteiger partial charge on any atom is 0.491 e. The van der Waals surface area contributed by atoms with E-state index in [1.54, 1.807) is 18.2 Å². The predicted molar refractivity (Wildman–Crippen MR) is 159 cm³/mol. The molecular formula is C28H22BN5O6S2. The third-order valence-corrected chi connectivity index (χ3v) is 8.59. The molecule has 1 heterocycles. The molecule has 14 heteroatoms. The Morgan fingerprint density at radius 2 is 1.76 bits per heavy atom. The van der Waals surface area contributed by atoms with Crippen LogP contribution in [0.25, 0.3) is 0 Å². The molecule has 0 saturated carbocycles. The molecule has 0 unspecified atom stereocenters. The number of hydrogen-bond acceptors (Lipinski definition) is 10. The molecule has 0 saturated heterocycles. The number of thioether (sulfide) groups is 1. The largest absolute Gasteiger partial charge is 0.491 e. The molecule has 1 aliphatic rings. The van der Waals surface area contributed by atoms with Gasteiger partial charge in [0.15, 0.2) is 0 Å². The van der Waals surface area contributed by atoms with Crippen LogP contribution in [0.4, 0.5) is 17.1 Å². The number of sulfonamides is 1. The van der Waals surface area contributed by atoms with E-state index in [0.29, 0.717) is 16.7 Å². The summed E-state index contributed by atoms with van der Waals surface area (Å²) < 4.78 is 32.4. The number of anilines is 2. The van der Waals surface area contributed by atoms with Crippen molar-refractivity contribution in [1.82, 2.24) is 0 Å². The Hall–Kier alpha value is -4.86. The molecule has 11 nitrogen and oxygen atoms in total. The predicted octanol–water partition coefficient (Wildman–Crippen LogP) is 3.92. The molecule has 0 spiro atoms. The van der Waals surface area contributed by atoms with Crippen molar-refractivity contribution in [3.8, 4) is 12.1 Å². The molecule has 4 aromatic rings. The lowest BCUT2D eigenvalue weighted by Crippen LogP contribution is -2.28. The minimum atomic E-state index is -3.96. The zero-order valence-corrected chi connectivity index (χ0v) is 23.4. The number of nitrogen functional groups attached to an aromatic ring is 1. The summed E-state index contributed by atoms with van der Waals surface area (Å²) in [6.07, 6.45) is 0. The van der Waals surface area contributed by atoms with Gasteiger partial charge in [-0.3, -0.25) is 14.8 Å². The van der Waals surface area contributed by atoms with Gasteiger partial charge in [-0.1, -0.05) is 36.4 Å². The molecule has 42 heavy (non-hydrogen) atoms. The van der Waals surface area contributed by atoms with Gasteiger partial charge in [-0.05, 0) is 53.0 Å². The molecule has 0 amide bonds. The number of nitriles is 2. The van der Waals surface area contributed by atoms with Gasteiger partial charge in [0, 0.05) is 34.2 Å². The summed E-state index contributed by atoms with van der Waals surface area (Å²) in [4.78, 5) is 10.8. The van der Waals surface area contributed by atoms with Gasteiger partial charge in [-0.15, -0.1) is 11.8 Å². The minimum Gasteiger partial charge on any atom is -0.423 e. The Bertz CT molecular complexity index is 1830. The highest BCUT2D eigenvalue weighted by molar-refractivity contribution is 7.98. The molecule has 0 bridgehead atoms. The number of rotatable bonds is 7. The van der Waals surface area contributed by atoms with Crippen LogP contribution in [0.15, 0.2) is 94.7 Å². The lowest BCUT2D eigenvalue weighted by atomic mass is 9.79. The van der Waals surface area contributed by atoms with Crippen molar-refractivity contribution in [3.63, 3.8) is 0 Å². The fourth-order valence-corrected chi connectivity index (χ4v) is 6.07. The van der Waals surface area contributed by atoms with E-state index < -0.39 is 22.1 Å². The topological polar surface area (TPSA) is 192 Å². The molecule has 0 aliphatic carbocycles. The van der Waals surface area contributed by atoms with Crippen molar-refractivity contribution in [2.75, 3.05) is 10.5 Å². The van der Waals surface area contributed by atoms with E-state index in [-0.39, 0.29) is 28.4 Å². The van der Waals surface area contributed by atoms with Crippen molar-refractivity contribution < 1.29 is 23.0 Å². The zero-order chi connectivity index (χ0) is 30.3. The van der Waals surface area contributed by atoms with E-state index >= 15 is 0 Å². The lowest BCUT2D eigenvalue weighted by molar-refractivity contribution is -0.384. The second-order valence-corrected chi connectivity index (χ2v) is 11.5. The van der Waals surface area contributed by atoms with E-state index in [9.17, 15) is 23.6 Å². The number of non-ortho nitro benzene ring substituents is 1. The van der Waals surface area contributed by atoms with Crippen molar-refractivity contribution in [2.24, 2.45) is 0 Å². The Balaban J connectivity index is 0.000000197. The maximum atomic E-state index is 12.5. The highest BCUT2D eigenvalue weighted by Crippen LogP contribution is 2.29. The van der Waals surface area contributed by atoms with Crippen molar-refractivity contribution in [2.45, 2.75) is 22.2 Å². The van der Waals surface area contributed by atoms with Crippen LogP contribution in [0.2, 0.25) is 0 Å². The molecular weight excluding hydrogens is 577 g/mol. The SMILES string of the molecule is N#Cc1cc(N)ccc1S(=O)(=O)Nc1ccc2c(c1)B(O)OC2.N#Cc1cc([N+](=O)[O-])ccc1SCc1ccccc1. The molecule has 4 N–H and O–H groups in total. The number of nitro benzene ring substituents is 1. The number of nitro groups is 1. The fraction of sp³-hybridized carbons (Fsp3) is 0.0714. The Morgan fingerprint density at radius 3 is 2.45 bits per heavy atom. The Morgan fingerprint density at radius 1 is 1.02 bits per heavy atom. The van der Waals surface area contributed by atoms with E-state index in [2.05, 4.69) is 4.72 Å². The third-order valence-electron chi connectivity index (χ3n) is 6.01. The summed E-state index contributed by atoms with van der Waals surface area (Å²) in [6, 6.07) is 26.8. The normalized spacial score (nSPS) is 11.8. The first kappa shape index (κ1) is 30.1. The van der Waals surface area contributed by atoms with E-state index in [1.807, 2.05) is 42.5 Å². The molecule has 0 aromatic heterocycles. The molecule has 0 radical (unpaired) electrons. The summed E-state index contributed by atoms with van der Waals surface area (Å²) >= 11 is 1.50. The quantitative estimate of drug-likeness (QED) is 0.0922. The van der Waals surface area contributed by atoms with E-state index in [4.69, 9.17) is 20.9 Å². The van der Waals surface area contributed by atoms with Crippen LogP contribution in [-0.2, 0) is 27.0 Å². The average Bonchev–Trinajstić information content (AvgIpc) is 3.36. The van der Waals surface area contributed by atoms with Crippen LogP contribution >= 0.6 is 11.8 Å². The van der Waals surface area contributed by atoms with Gasteiger partial charge in [0.2, 0.25) is 0 Å². The van der Waals surface area contributed by atoms with Gasteiger partial charge in [-0.2, -0.15) is 10.5 Å².